The largest absolute Gasteiger partial charge is 0.477 e. The number of rotatable bonds is 4. The number of piperidine rings is 1. The zero-order valence-electron chi connectivity index (χ0n) is 11.3. The lowest BCUT2D eigenvalue weighted by Crippen LogP contribution is -2.49. The number of carbonyl (C=O) groups excluding carboxylic acids is 1. The summed E-state index contributed by atoms with van der Waals surface area (Å²) in [5.41, 5.74) is 3.26. The molecule has 110 valence electrons. The lowest BCUT2D eigenvalue weighted by atomic mass is 10.2. The number of amides is 2. The van der Waals surface area contributed by atoms with Gasteiger partial charge in [0.15, 0.2) is 0 Å². The fraction of sp³-hybridized carbons (Fsp3) is 0.583. The molecule has 20 heavy (non-hydrogen) atoms. The van der Waals surface area contributed by atoms with E-state index in [0.717, 1.165) is 37.3 Å². The molecule has 2 heterocycles. The van der Waals surface area contributed by atoms with Gasteiger partial charge in [0, 0.05) is 13.1 Å². The van der Waals surface area contributed by atoms with E-state index in [0.29, 0.717) is 10.7 Å². The number of thiazole rings is 1. The summed E-state index contributed by atoms with van der Waals surface area (Å²) >= 11 is 1.09. The molecule has 1 aromatic heterocycles. The zero-order valence-corrected chi connectivity index (χ0v) is 12.1. The van der Waals surface area contributed by atoms with Crippen molar-refractivity contribution in [2.75, 3.05) is 13.1 Å². The van der Waals surface area contributed by atoms with Crippen LogP contribution in [0.2, 0.25) is 0 Å². The average Bonchev–Trinajstić information content (AvgIpc) is 2.79. The molecule has 0 bridgehead atoms. The first kappa shape index (κ1) is 14.7. The Morgan fingerprint density at radius 2 is 2.05 bits per heavy atom. The molecule has 1 aromatic rings. The molecule has 3 N–H and O–H groups in total. The minimum absolute atomic E-state index is 0.221. The number of carboxylic acid groups (broad SMARTS) is 1. The molecule has 7 nitrogen and oxygen atoms in total. The monoisotopic (exact) mass is 298 g/mol. The van der Waals surface area contributed by atoms with Crippen LogP contribution in [0.3, 0.4) is 0 Å². The second-order valence-electron chi connectivity index (χ2n) is 4.67. The third kappa shape index (κ3) is 3.91. The average molecular weight is 298 g/mol. The Balaban J connectivity index is 1.80. The molecule has 1 fully saturated rings. The summed E-state index contributed by atoms with van der Waals surface area (Å²) in [7, 11) is 0. The quantitative estimate of drug-likeness (QED) is 0.780. The first-order valence-electron chi connectivity index (χ1n) is 6.55. The van der Waals surface area contributed by atoms with Gasteiger partial charge in [0.25, 0.3) is 0 Å². The topological polar surface area (TPSA) is 94.6 Å². The fourth-order valence-corrected chi connectivity index (χ4v) is 2.91. The van der Waals surface area contributed by atoms with Crippen LogP contribution in [0.15, 0.2) is 0 Å². The molecule has 1 saturated heterocycles. The smallest absolute Gasteiger partial charge is 0.347 e. The summed E-state index contributed by atoms with van der Waals surface area (Å²) in [6.45, 7) is 3.62. The van der Waals surface area contributed by atoms with Crippen molar-refractivity contribution in [3.8, 4) is 0 Å². The van der Waals surface area contributed by atoms with E-state index in [1.165, 1.54) is 6.42 Å². The van der Waals surface area contributed by atoms with Gasteiger partial charge in [-0.1, -0.05) is 6.42 Å². The second kappa shape index (κ2) is 6.67. The van der Waals surface area contributed by atoms with Crippen molar-refractivity contribution in [3.05, 3.63) is 15.6 Å². The van der Waals surface area contributed by atoms with Crippen LogP contribution in [0.1, 0.15) is 39.6 Å². The molecule has 0 aromatic carbocycles. The maximum absolute atomic E-state index is 11.7. The van der Waals surface area contributed by atoms with Gasteiger partial charge >= 0.3 is 12.0 Å². The molecule has 0 radical (unpaired) electrons. The first-order valence-corrected chi connectivity index (χ1v) is 7.37. The van der Waals surface area contributed by atoms with Crippen LogP contribution >= 0.6 is 11.3 Å². The van der Waals surface area contributed by atoms with E-state index >= 15 is 0 Å². The van der Waals surface area contributed by atoms with E-state index in [2.05, 4.69) is 15.7 Å². The molecule has 0 atom stereocenters. The number of hydrogen-bond donors (Lipinski definition) is 3. The number of carbonyl (C=O) groups is 2. The Labute approximate surface area is 121 Å². The fourth-order valence-electron chi connectivity index (χ4n) is 2.07. The van der Waals surface area contributed by atoms with Crippen molar-refractivity contribution in [1.29, 1.82) is 0 Å². The number of aromatic carboxylic acids is 1. The molecule has 0 aliphatic carbocycles. The lowest BCUT2D eigenvalue weighted by molar-refractivity contribution is 0.0701. The maximum atomic E-state index is 11.7. The van der Waals surface area contributed by atoms with Gasteiger partial charge in [-0.3, -0.25) is 5.43 Å². The summed E-state index contributed by atoms with van der Waals surface area (Å²) in [5, 5.41) is 14.1. The summed E-state index contributed by atoms with van der Waals surface area (Å²) in [6, 6.07) is -0.281. The highest BCUT2D eigenvalue weighted by molar-refractivity contribution is 7.13. The molecule has 0 unspecified atom stereocenters. The predicted octanol–water partition coefficient (Wildman–Crippen LogP) is 1.35. The molecule has 1 aliphatic heterocycles. The van der Waals surface area contributed by atoms with Crippen molar-refractivity contribution in [3.63, 3.8) is 0 Å². The van der Waals surface area contributed by atoms with Crippen LogP contribution in [0, 0.1) is 6.92 Å². The van der Waals surface area contributed by atoms with Gasteiger partial charge in [-0.25, -0.2) is 19.6 Å². The van der Waals surface area contributed by atoms with Crippen LogP contribution in [-0.2, 0) is 6.54 Å². The van der Waals surface area contributed by atoms with E-state index in [1.807, 2.05) is 5.01 Å². The molecule has 2 rings (SSSR count). The van der Waals surface area contributed by atoms with Crippen LogP contribution in [0.5, 0.6) is 0 Å². The Morgan fingerprint density at radius 3 is 2.65 bits per heavy atom. The van der Waals surface area contributed by atoms with E-state index in [-0.39, 0.29) is 17.5 Å². The van der Waals surface area contributed by atoms with Crippen molar-refractivity contribution >= 4 is 23.3 Å². The highest BCUT2D eigenvalue weighted by Gasteiger charge is 2.15. The number of aromatic nitrogens is 1. The minimum Gasteiger partial charge on any atom is -0.477 e. The van der Waals surface area contributed by atoms with Crippen molar-refractivity contribution in [2.24, 2.45) is 0 Å². The predicted molar refractivity (Wildman–Crippen MR) is 74.6 cm³/mol. The highest BCUT2D eigenvalue weighted by Crippen LogP contribution is 2.17. The molecule has 8 heteroatoms. The number of aryl methyl sites for hydroxylation is 1. The molecule has 2 amide bonds. The molecular formula is C12H18N4O3S. The van der Waals surface area contributed by atoms with Crippen molar-refractivity contribution in [1.82, 2.24) is 20.7 Å². The Kier molecular flexibility index (Phi) is 4.91. The number of hydrogen-bond acceptors (Lipinski definition) is 5. The molecular weight excluding hydrogens is 280 g/mol. The number of nitrogens with one attached hydrogen (secondary N) is 2. The van der Waals surface area contributed by atoms with Gasteiger partial charge in [-0.05, 0) is 19.8 Å². The SMILES string of the molecule is Cc1nc(CNC(=O)NN2CCCCC2)sc1C(=O)O. The highest BCUT2D eigenvalue weighted by atomic mass is 32.1. The molecule has 0 saturated carbocycles. The van der Waals surface area contributed by atoms with E-state index < -0.39 is 5.97 Å². The van der Waals surface area contributed by atoms with Crippen molar-refractivity contribution < 1.29 is 14.7 Å². The number of hydrazine groups is 1. The first-order chi connectivity index (χ1) is 9.56. The van der Waals surface area contributed by atoms with Crippen LogP contribution in [0.4, 0.5) is 4.79 Å². The lowest BCUT2D eigenvalue weighted by Gasteiger charge is -2.26. The summed E-state index contributed by atoms with van der Waals surface area (Å²) in [4.78, 5) is 27.0. The Bertz CT molecular complexity index is 497. The second-order valence-corrected chi connectivity index (χ2v) is 5.75. The van der Waals surface area contributed by atoms with E-state index in [9.17, 15) is 9.59 Å². The third-order valence-corrected chi connectivity index (χ3v) is 4.20. The van der Waals surface area contributed by atoms with Crippen molar-refractivity contribution in [2.45, 2.75) is 32.7 Å². The maximum Gasteiger partial charge on any atom is 0.347 e. The summed E-state index contributed by atoms with van der Waals surface area (Å²) in [5.74, 6) is -0.982. The zero-order chi connectivity index (χ0) is 14.5. The van der Waals surface area contributed by atoms with Gasteiger partial charge in [0.05, 0.1) is 12.2 Å². The minimum atomic E-state index is -0.982. The Morgan fingerprint density at radius 1 is 1.35 bits per heavy atom. The molecule has 1 aliphatic rings. The van der Waals surface area contributed by atoms with Gasteiger partial charge < -0.3 is 10.4 Å². The third-order valence-electron chi connectivity index (χ3n) is 3.05. The van der Waals surface area contributed by atoms with Gasteiger partial charge in [-0.15, -0.1) is 11.3 Å². The van der Waals surface area contributed by atoms with Crippen LogP contribution < -0.4 is 10.7 Å². The van der Waals surface area contributed by atoms with Gasteiger partial charge in [-0.2, -0.15) is 0 Å². The number of carboxylic acids is 1. The summed E-state index contributed by atoms with van der Waals surface area (Å²) < 4.78 is 0. The van der Waals surface area contributed by atoms with Crippen LogP contribution in [0.25, 0.3) is 0 Å². The summed E-state index contributed by atoms with van der Waals surface area (Å²) in [6.07, 6.45) is 3.39. The van der Waals surface area contributed by atoms with E-state index in [1.54, 1.807) is 6.92 Å². The van der Waals surface area contributed by atoms with Crippen LogP contribution in [-0.4, -0.2) is 40.2 Å². The normalized spacial score (nSPS) is 15.8. The molecule has 0 spiro atoms. The number of nitrogens with zero attached hydrogens (tertiary/aromatic N) is 2. The Hall–Kier alpha value is -1.67. The van der Waals surface area contributed by atoms with E-state index in [4.69, 9.17) is 5.11 Å². The number of urea groups is 1. The van der Waals surface area contributed by atoms with Gasteiger partial charge in [0.1, 0.15) is 9.88 Å². The standard InChI is InChI=1S/C12H18N4O3S/c1-8-10(11(17)18)20-9(14-8)7-13-12(19)15-16-5-3-2-4-6-16/h2-7H2,1H3,(H,17,18)(H2,13,15,19). The van der Waals surface area contributed by atoms with Gasteiger partial charge in [0.2, 0.25) is 0 Å².